The van der Waals surface area contributed by atoms with Gasteiger partial charge in [0.1, 0.15) is 0 Å². The highest BCUT2D eigenvalue weighted by Gasteiger charge is 2.38. The fourth-order valence-electron chi connectivity index (χ4n) is 1.67. The lowest BCUT2D eigenvalue weighted by Crippen LogP contribution is -2.16. The molecule has 3 nitrogen and oxygen atoms in total. The van der Waals surface area contributed by atoms with Gasteiger partial charge in [-0.25, -0.2) is 0 Å². The van der Waals surface area contributed by atoms with Crippen LogP contribution in [0.25, 0.3) is 0 Å². The minimum atomic E-state index is -0.326. The molecular weight excluding hydrogens is 196 g/mol. The zero-order valence-electron chi connectivity index (χ0n) is 8.12. The fraction of sp³-hybridized carbons (Fsp3) is 0.500. The van der Waals surface area contributed by atoms with Crippen molar-refractivity contribution >= 4 is 17.2 Å². The molecule has 0 spiro atoms. The summed E-state index contributed by atoms with van der Waals surface area (Å²) in [5.74, 6) is 0.279. The van der Waals surface area contributed by atoms with Gasteiger partial charge < -0.3 is 11.1 Å². The van der Waals surface area contributed by atoms with Crippen molar-refractivity contribution in [2.75, 3.05) is 6.54 Å². The Balaban J connectivity index is 2.01. The van der Waals surface area contributed by atoms with Crippen LogP contribution >= 0.6 is 11.3 Å². The Labute approximate surface area is 87.3 Å². The van der Waals surface area contributed by atoms with Crippen LogP contribution in [0.1, 0.15) is 34.5 Å². The quantitative estimate of drug-likeness (QED) is 0.787. The number of rotatable bonds is 4. The second kappa shape index (κ2) is 3.71. The summed E-state index contributed by atoms with van der Waals surface area (Å²) in [6.07, 6.45) is 1.19. The highest BCUT2D eigenvalue weighted by molar-refractivity contribution is 7.10. The first-order chi connectivity index (χ1) is 6.72. The van der Waals surface area contributed by atoms with Crippen LogP contribution in [0.15, 0.2) is 11.4 Å². The van der Waals surface area contributed by atoms with Gasteiger partial charge in [0.25, 0.3) is 0 Å². The first-order valence-electron chi connectivity index (χ1n) is 4.84. The fourth-order valence-corrected chi connectivity index (χ4v) is 2.75. The van der Waals surface area contributed by atoms with Gasteiger partial charge in [0, 0.05) is 22.2 Å². The van der Waals surface area contributed by atoms with Gasteiger partial charge in [0.2, 0.25) is 5.91 Å². The van der Waals surface area contributed by atoms with Crippen LogP contribution in [-0.4, -0.2) is 18.5 Å². The van der Waals surface area contributed by atoms with Crippen LogP contribution in [-0.2, 0) is 0 Å². The molecule has 0 saturated heterocycles. The number of nitrogens with one attached hydrogen (secondary N) is 1. The van der Waals surface area contributed by atoms with E-state index in [2.05, 4.69) is 12.2 Å². The molecule has 2 rings (SSSR count). The lowest BCUT2D eigenvalue weighted by molar-refractivity contribution is 0.100. The molecule has 3 N–H and O–H groups in total. The number of hydrogen-bond acceptors (Lipinski definition) is 3. The monoisotopic (exact) mass is 210 g/mol. The van der Waals surface area contributed by atoms with E-state index in [1.807, 2.05) is 11.4 Å². The highest BCUT2D eigenvalue weighted by Crippen LogP contribution is 2.43. The number of amides is 1. The van der Waals surface area contributed by atoms with Gasteiger partial charge in [-0.2, -0.15) is 0 Å². The maximum absolute atomic E-state index is 10.9. The van der Waals surface area contributed by atoms with E-state index in [0.717, 1.165) is 6.54 Å². The number of primary amides is 1. The maximum Gasteiger partial charge on any atom is 0.249 e. The van der Waals surface area contributed by atoms with Gasteiger partial charge >= 0.3 is 0 Å². The van der Waals surface area contributed by atoms with Crippen LogP contribution in [0.5, 0.6) is 0 Å². The average molecular weight is 210 g/mol. The van der Waals surface area contributed by atoms with Gasteiger partial charge in [-0.1, -0.05) is 6.92 Å². The molecule has 1 aliphatic carbocycles. The van der Waals surface area contributed by atoms with Crippen molar-refractivity contribution < 1.29 is 4.79 Å². The zero-order chi connectivity index (χ0) is 10.1. The van der Waals surface area contributed by atoms with Gasteiger partial charge in [-0.3, -0.25) is 4.79 Å². The first-order valence-corrected chi connectivity index (χ1v) is 5.72. The molecule has 4 heteroatoms. The SMILES string of the molecule is CCNC1CC1c1cc(C(N)=O)cs1. The molecule has 0 radical (unpaired) electrons. The van der Waals surface area contributed by atoms with Crippen molar-refractivity contribution in [1.82, 2.24) is 5.32 Å². The molecule has 1 aromatic rings. The van der Waals surface area contributed by atoms with E-state index in [1.165, 1.54) is 11.3 Å². The lowest BCUT2D eigenvalue weighted by Gasteiger charge is -1.96. The topological polar surface area (TPSA) is 55.1 Å². The van der Waals surface area contributed by atoms with Crippen LogP contribution in [0.3, 0.4) is 0 Å². The summed E-state index contributed by atoms with van der Waals surface area (Å²) in [6.45, 7) is 3.12. The number of likely N-dealkylation sites (N-methyl/N-ethyl adjacent to an activating group) is 1. The molecule has 14 heavy (non-hydrogen) atoms. The lowest BCUT2D eigenvalue weighted by atomic mass is 10.2. The summed E-state index contributed by atoms with van der Waals surface area (Å²) in [5.41, 5.74) is 5.84. The summed E-state index contributed by atoms with van der Waals surface area (Å²) in [7, 11) is 0. The molecule has 1 fully saturated rings. The van der Waals surface area contributed by atoms with E-state index in [0.29, 0.717) is 17.5 Å². The molecule has 1 amide bonds. The Morgan fingerprint density at radius 1 is 1.79 bits per heavy atom. The first kappa shape index (κ1) is 9.68. The Kier molecular flexibility index (Phi) is 2.56. The Morgan fingerprint density at radius 3 is 3.14 bits per heavy atom. The van der Waals surface area contributed by atoms with Gasteiger partial charge in [0.15, 0.2) is 0 Å². The third kappa shape index (κ3) is 1.81. The molecule has 0 aliphatic heterocycles. The van der Waals surface area contributed by atoms with Gasteiger partial charge in [0.05, 0.1) is 5.56 Å². The molecule has 0 aromatic carbocycles. The Morgan fingerprint density at radius 2 is 2.57 bits per heavy atom. The molecule has 2 atom stereocenters. The van der Waals surface area contributed by atoms with E-state index in [1.54, 1.807) is 11.3 Å². The van der Waals surface area contributed by atoms with Crippen LogP contribution in [0.2, 0.25) is 0 Å². The number of carbonyl (C=O) groups is 1. The van der Waals surface area contributed by atoms with Crippen LogP contribution in [0, 0.1) is 0 Å². The molecule has 2 unspecified atom stereocenters. The second-order valence-electron chi connectivity index (χ2n) is 3.61. The average Bonchev–Trinajstić information content (AvgIpc) is 2.75. The normalized spacial score (nSPS) is 24.9. The van der Waals surface area contributed by atoms with E-state index in [-0.39, 0.29) is 5.91 Å². The second-order valence-corrected chi connectivity index (χ2v) is 4.55. The summed E-state index contributed by atoms with van der Waals surface area (Å²) < 4.78 is 0. The summed E-state index contributed by atoms with van der Waals surface area (Å²) >= 11 is 1.64. The largest absolute Gasteiger partial charge is 0.366 e. The minimum Gasteiger partial charge on any atom is -0.366 e. The van der Waals surface area contributed by atoms with Crippen molar-refractivity contribution in [3.05, 3.63) is 21.9 Å². The number of nitrogens with two attached hydrogens (primary N) is 1. The summed E-state index contributed by atoms with van der Waals surface area (Å²) in [5, 5.41) is 5.24. The summed E-state index contributed by atoms with van der Waals surface area (Å²) in [6, 6.07) is 2.54. The van der Waals surface area contributed by atoms with Crippen molar-refractivity contribution in [3.63, 3.8) is 0 Å². The zero-order valence-corrected chi connectivity index (χ0v) is 8.93. The molecule has 1 aromatic heterocycles. The third-order valence-electron chi connectivity index (χ3n) is 2.53. The molecular formula is C10H14N2OS. The Hall–Kier alpha value is -0.870. The smallest absolute Gasteiger partial charge is 0.249 e. The molecule has 0 bridgehead atoms. The predicted octanol–water partition coefficient (Wildman–Crippen LogP) is 1.31. The third-order valence-corrected chi connectivity index (χ3v) is 3.59. The minimum absolute atomic E-state index is 0.326. The number of carbonyl (C=O) groups excluding carboxylic acids is 1. The standard InChI is InChI=1S/C10H14N2OS/c1-2-12-8-4-7(8)9-3-6(5-14-9)10(11)13/h3,5,7-8,12H,2,4H2,1H3,(H2,11,13). The molecule has 1 saturated carbocycles. The highest BCUT2D eigenvalue weighted by atomic mass is 32.1. The van der Waals surface area contributed by atoms with Crippen LogP contribution < -0.4 is 11.1 Å². The van der Waals surface area contributed by atoms with Crippen LogP contribution in [0.4, 0.5) is 0 Å². The Bertz CT molecular complexity index is 348. The number of hydrogen-bond donors (Lipinski definition) is 2. The van der Waals surface area contributed by atoms with E-state index in [4.69, 9.17) is 5.73 Å². The van der Waals surface area contributed by atoms with E-state index >= 15 is 0 Å². The van der Waals surface area contributed by atoms with Crippen molar-refractivity contribution in [3.8, 4) is 0 Å². The van der Waals surface area contributed by atoms with Crippen molar-refractivity contribution in [2.45, 2.75) is 25.3 Å². The van der Waals surface area contributed by atoms with Gasteiger partial charge in [-0.05, 0) is 19.0 Å². The maximum atomic E-state index is 10.9. The van der Waals surface area contributed by atoms with Crippen molar-refractivity contribution in [1.29, 1.82) is 0 Å². The molecule has 1 aliphatic rings. The van der Waals surface area contributed by atoms with Gasteiger partial charge in [-0.15, -0.1) is 11.3 Å². The number of thiophene rings is 1. The van der Waals surface area contributed by atoms with E-state index in [9.17, 15) is 4.79 Å². The summed E-state index contributed by atoms with van der Waals surface area (Å²) in [4.78, 5) is 12.2. The predicted molar refractivity (Wildman–Crippen MR) is 57.7 cm³/mol. The molecule has 1 heterocycles. The molecule has 76 valence electrons. The van der Waals surface area contributed by atoms with E-state index < -0.39 is 0 Å². The van der Waals surface area contributed by atoms with Crippen molar-refractivity contribution in [2.24, 2.45) is 5.73 Å².